The van der Waals surface area contributed by atoms with Gasteiger partial charge in [-0.3, -0.25) is 4.79 Å². The van der Waals surface area contributed by atoms with E-state index in [-0.39, 0.29) is 28.8 Å². The van der Waals surface area contributed by atoms with Gasteiger partial charge in [-0.1, -0.05) is 12.6 Å². The molecule has 2 heterocycles. The molecule has 25 heavy (non-hydrogen) atoms. The van der Waals surface area contributed by atoms with Crippen molar-refractivity contribution in [1.82, 2.24) is 0 Å². The molecule has 2 N–H and O–H groups in total. The van der Waals surface area contributed by atoms with Gasteiger partial charge >= 0.3 is 0 Å². The summed E-state index contributed by atoms with van der Waals surface area (Å²) >= 11 is 0. The van der Waals surface area contributed by atoms with E-state index in [9.17, 15) is 15.0 Å². The zero-order valence-corrected chi connectivity index (χ0v) is 13.5. The van der Waals surface area contributed by atoms with Crippen LogP contribution in [0.4, 0.5) is 0 Å². The molecule has 1 unspecified atom stereocenters. The molecule has 1 aliphatic rings. The van der Waals surface area contributed by atoms with Crippen LogP contribution in [-0.2, 0) is 6.42 Å². The minimum atomic E-state index is -0.427. The molecule has 0 saturated heterocycles. The number of para-hydroxylation sites is 1. The lowest BCUT2D eigenvalue weighted by Crippen LogP contribution is -2.17. The predicted molar refractivity (Wildman–Crippen MR) is 92.6 cm³/mol. The maximum absolute atomic E-state index is 12.9. The number of aromatic hydroxyl groups is 1. The molecule has 3 aromatic rings. The third-order valence-corrected chi connectivity index (χ3v) is 4.51. The highest BCUT2D eigenvalue weighted by Crippen LogP contribution is 2.41. The van der Waals surface area contributed by atoms with Crippen molar-refractivity contribution < 1.29 is 24.1 Å². The van der Waals surface area contributed by atoms with Gasteiger partial charge in [0.25, 0.3) is 0 Å². The third kappa shape index (κ3) is 2.18. The van der Waals surface area contributed by atoms with E-state index in [4.69, 9.17) is 13.9 Å². The Kier molecular flexibility index (Phi) is 3.43. The van der Waals surface area contributed by atoms with Crippen LogP contribution in [0.15, 0.2) is 45.6 Å². The predicted octanol–water partition coefficient (Wildman–Crippen LogP) is 2.51. The molecule has 0 aliphatic carbocycles. The molecule has 6 nitrogen and oxygen atoms in total. The van der Waals surface area contributed by atoms with Crippen molar-refractivity contribution >= 4 is 21.9 Å². The van der Waals surface area contributed by atoms with E-state index in [1.165, 1.54) is 13.2 Å². The van der Waals surface area contributed by atoms with Crippen molar-refractivity contribution in [2.24, 2.45) is 0 Å². The van der Waals surface area contributed by atoms with Crippen LogP contribution < -0.4 is 14.9 Å². The first-order chi connectivity index (χ1) is 12.0. The van der Waals surface area contributed by atoms with Gasteiger partial charge < -0.3 is 24.1 Å². The monoisotopic (exact) mass is 340 g/mol. The summed E-state index contributed by atoms with van der Waals surface area (Å²) in [7, 11) is 1.50. The van der Waals surface area contributed by atoms with E-state index in [0.29, 0.717) is 40.0 Å². The fraction of sp³-hybridized carbons (Fsp3) is 0.211. The summed E-state index contributed by atoms with van der Waals surface area (Å²) in [6.07, 6.45) is -0.0292. The van der Waals surface area contributed by atoms with E-state index in [1.807, 2.05) is 0 Å². The highest BCUT2D eigenvalue weighted by molar-refractivity contribution is 5.97. The first-order valence-electron chi connectivity index (χ1n) is 7.78. The van der Waals surface area contributed by atoms with Crippen LogP contribution in [0.3, 0.4) is 0 Å². The molecule has 4 rings (SSSR count). The summed E-state index contributed by atoms with van der Waals surface area (Å²) < 4.78 is 17.0. The van der Waals surface area contributed by atoms with Crippen molar-refractivity contribution in [2.75, 3.05) is 13.7 Å². The number of hydrogen-bond donors (Lipinski definition) is 2. The lowest BCUT2D eigenvalue weighted by atomic mass is 10.0. The molecule has 128 valence electrons. The van der Waals surface area contributed by atoms with Gasteiger partial charge in [-0.25, -0.2) is 0 Å². The van der Waals surface area contributed by atoms with Gasteiger partial charge in [-0.2, -0.15) is 0 Å². The van der Waals surface area contributed by atoms with Crippen LogP contribution in [-0.4, -0.2) is 30.0 Å². The lowest BCUT2D eigenvalue weighted by Gasteiger charge is -2.11. The summed E-state index contributed by atoms with van der Waals surface area (Å²) in [5.74, 6) is 0.647. The number of aliphatic hydroxyl groups excluding tert-OH is 1. The number of ether oxygens (including phenoxy) is 2. The van der Waals surface area contributed by atoms with Gasteiger partial charge in [-0.05, 0) is 17.7 Å². The summed E-state index contributed by atoms with van der Waals surface area (Å²) in [6.45, 7) is 3.58. The zero-order chi connectivity index (χ0) is 17.7. The van der Waals surface area contributed by atoms with Crippen molar-refractivity contribution in [2.45, 2.75) is 12.5 Å². The first kappa shape index (κ1) is 15.5. The second kappa shape index (κ2) is 5.53. The van der Waals surface area contributed by atoms with Crippen LogP contribution in [0.2, 0.25) is 0 Å². The standard InChI is InChI=1S/C19H16O6/c1-9(8-20)14-6-11-15(24-14)7-12(21)16-17(22)10-4-3-5-13(23-2)18(10)25-19(11)16/h3-5,7,14,20-21H,1,6,8H2,2H3. The number of fused-ring (bicyclic) bond motifs is 4. The topological polar surface area (TPSA) is 89.1 Å². The average molecular weight is 340 g/mol. The Bertz CT molecular complexity index is 1080. The molecule has 0 amide bonds. The summed E-state index contributed by atoms with van der Waals surface area (Å²) in [5.41, 5.74) is 1.44. The molecule has 2 aromatic carbocycles. The van der Waals surface area contributed by atoms with E-state index >= 15 is 0 Å². The SMILES string of the molecule is C=C(CO)C1Cc2c(cc(O)c3c(=O)c4cccc(OC)c4oc23)O1. The quantitative estimate of drug-likeness (QED) is 0.562. The molecule has 0 spiro atoms. The Hall–Kier alpha value is -2.99. The van der Waals surface area contributed by atoms with E-state index in [0.717, 1.165) is 0 Å². The number of aliphatic hydroxyl groups is 1. The van der Waals surface area contributed by atoms with Gasteiger partial charge in [0.1, 0.15) is 28.6 Å². The van der Waals surface area contributed by atoms with Crippen molar-refractivity contribution in [1.29, 1.82) is 0 Å². The second-order valence-corrected chi connectivity index (χ2v) is 5.97. The van der Waals surface area contributed by atoms with E-state index in [1.54, 1.807) is 18.2 Å². The summed E-state index contributed by atoms with van der Waals surface area (Å²) in [5, 5.41) is 20.1. The molecule has 6 heteroatoms. The van der Waals surface area contributed by atoms with Crippen LogP contribution in [0.1, 0.15) is 5.56 Å². The molecule has 0 radical (unpaired) electrons. The Morgan fingerprint density at radius 3 is 2.92 bits per heavy atom. The minimum absolute atomic E-state index is 0.110. The Morgan fingerprint density at radius 2 is 2.20 bits per heavy atom. The number of benzene rings is 2. The summed E-state index contributed by atoms with van der Waals surface area (Å²) in [4.78, 5) is 12.9. The number of hydrogen-bond acceptors (Lipinski definition) is 6. The smallest absolute Gasteiger partial charge is 0.204 e. The first-order valence-corrected chi connectivity index (χ1v) is 7.78. The third-order valence-electron chi connectivity index (χ3n) is 4.51. The molecule has 0 bridgehead atoms. The zero-order valence-electron chi connectivity index (χ0n) is 13.5. The van der Waals surface area contributed by atoms with Crippen LogP contribution in [0.5, 0.6) is 17.2 Å². The van der Waals surface area contributed by atoms with Crippen molar-refractivity contribution in [3.63, 3.8) is 0 Å². The number of phenols is 1. The van der Waals surface area contributed by atoms with Crippen LogP contribution in [0.25, 0.3) is 21.9 Å². The van der Waals surface area contributed by atoms with Crippen molar-refractivity contribution in [3.8, 4) is 17.2 Å². The van der Waals surface area contributed by atoms with Gasteiger partial charge in [-0.15, -0.1) is 0 Å². The van der Waals surface area contributed by atoms with E-state index in [2.05, 4.69) is 6.58 Å². The second-order valence-electron chi connectivity index (χ2n) is 5.97. The average Bonchev–Trinajstić information content (AvgIpc) is 3.04. The molecule has 1 atom stereocenters. The molecule has 0 saturated carbocycles. The fourth-order valence-corrected chi connectivity index (χ4v) is 3.20. The number of rotatable bonds is 3. The van der Waals surface area contributed by atoms with E-state index < -0.39 is 6.10 Å². The van der Waals surface area contributed by atoms with Gasteiger partial charge in [0.15, 0.2) is 11.3 Å². The number of methoxy groups -OCH3 is 1. The van der Waals surface area contributed by atoms with Crippen molar-refractivity contribution in [3.05, 3.63) is 52.2 Å². The highest BCUT2D eigenvalue weighted by atomic mass is 16.5. The maximum Gasteiger partial charge on any atom is 0.204 e. The molecular weight excluding hydrogens is 324 g/mol. The van der Waals surface area contributed by atoms with Gasteiger partial charge in [0.2, 0.25) is 5.43 Å². The number of phenolic OH excluding ortho intramolecular Hbond substituents is 1. The fourth-order valence-electron chi connectivity index (χ4n) is 3.20. The summed E-state index contributed by atoms with van der Waals surface area (Å²) in [6, 6.07) is 6.43. The highest BCUT2D eigenvalue weighted by Gasteiger charge is 2.30. The van der Waals surface area contributed by atoms with Gasteiger partial charge in [0.05, 0.1) is 19.1 Å². The molecule has 1 aliphatic heterocycles. The molecule has 0 fully saturated rings. The van der Waals surface area contributed by atoms with Gasteiger partial charge in [0, 0.05) is 18.1 Å². The normalized spacial score (nSPS) is 16.0. The van der Waals surface area contributed by atoms with Crippen LogP contribution in [0, 0.1) is 0 Å². The Labute approximate surface area is 142 Å². The minimum Gasteiger partial charge on any atom is -0.507 e. The Balaban J connectivity index is 2.06. The lowest BCUT2D eigenvalue weighted by molar-refractivity contribution is 0.234. The molecular formula is C19H16O6. The maximum atomic E-state index is 12.9. The Morgan fingerprint density at radius 1 is 1.40 bits per heavy atom. The molecule has 1 aromatic heterocycles. The largest absolute Gasteiger partial charge is 0.507 e. The van der Waals surface area contributed by atoms with Crippen LogP contribution >= 0.6 is 0 Å².